The Bertz CT molecular complexity index is 487. The van der Waals surface area contributed by atoms with E-state index in [0.717, 1.165) is 25.2 Å². The molecule has 0 spiro atoms. The lowest BCUT2D eigenvalue weighted by Crippen LogP contribution is -2.54. The standard InChI is InChI=1S/C16H26N4O.3ClH/c1-12-4-6-13(7-5-12)15(17)16(21)18-10-14-11-19(2)8-9-20(14)3;;;/h4-7,14-15H,8-11,17H2,1-3H3,(H,18,21);3*1H. The van der Waals surface area contributed by atoms with Crippen molar-refractivity contribution in [1.29, 1.82) is 0 Å². The highest BCUT2D eigenvalue weighted by Gasteiger charge is 2.23. The smallest absolute Gasteiger partial charge is 0.241 e. The fourth-order valence-electron chi connectivity index (χ4n) is 2.58. The average molecular weight is 400 g/mol. The van der Waals surface area contributed by atoms with Gasteiger partial charge in [-0.1, -0.05) is 29.8 Å². The van der Waals surface area contributed by atoms with Gasteiger partial charge in [0, 0.05) is 32.2 Å². The molecule has 2 unspecified atom stereocenters. The molecule has 0 aliphatic carbocycles. The van der Waals surface area contributed by atoms with Gasteiger partial charge < -0.3 is 16.0 Å². The SMILES string of the molecule is Cc1ccc(C(N)C(=O)NCC2CN(C)CCN2C)cc1.Cl.Cl.Cl. The second kappa shape index (κ2) is 11.9. The Hall–Kier alpha value is -0.560. The van der Waals surface area contributed by atoms with Gasteiger partial charge in [0.25, 0.3) is 0 Å². The van der Waals surface area contributed by atoms with Crippen LogP contribution >= 0.6 is 37.2 Å². The number of likely N-dealkylation sites (N-methyl/N-ethyl adjacent to an activating group) is 2. The summed E-state index contributed by atoms with van der Waals surface area (Å²) in [5.41, 5.74) is 8.05. The van der Waals surface area contributed by atoms with Crippen LogP contribution < -0.4 is 11.1 Å². The molecule has 140 valence electrons. The fourth-order valence-corrected chi connectivity index (χ4v) is 2.58. The van der Waals surface area contributed by atoms with Crippen molar-refractivity contribution in [2.75, 3.05) is 40.3 Å². The molecular formula is C16H29Cl3N4O. The normalized spacial score (nSPS) is 19.2. The van der Waals surface area contributed by atoms with Gasteiger partial charge in [-0.25, -0.2) is 0 Å². The molecule has 24 heavy (non-hydrogen) atoms. The second-order valence-corrected chi connectivity index (χ2v) is 6.03. The number of carbonyl (C=O) groups excluding carboxylic acids is 1. The van der Waals surface area contributed by atoms with Gasteiger partial charge in [0.05, 0.1) is 0 Å². The third-order valence-electron chi connectivity index (χ3n) is 4.21. The number of hydrogen-bond donors (Lipinski definition) is 2. The molecule has 1 saturated heterocycles. The predicted octanol–water partition coefficient (Wildman–Crippen LogP) is 1.62. The molecule has 0 bridgehead atoms. The predicted molar refractivity (Wildman–Crippen MR) is 107 cm³/mol. The third-order valence-corrected chi connectivity index (χ3v) is 4.21. The Balaban J connectivity index is 0. The molecule has 1 aliphatic rings. The van der Waals surface area contributed by atoms with E-state index in [1.54, 1.807) is 0 Å². The van der Waals surface area contributed by atoms with E-state index in [-0.39, 0.29) is 43.1 Å². The van der Waals surface area contributed by atoms with E-state index >= 15 is 0 Å². The van der Waals surface area contributed by atoms with E-state index < -0.39 is 6.04 Å². The van der Waals surface area contributed by atoms with E-state index in [4.69, 9.17) is 5.73 Å². The number of benzene rings is 1. The van der Waals surface area contributed by atoms with Gasteiger partial charge in [-0.15, -0.1) is 37.2 Å². The van der Waals surface area contributed by atoms with Crippen LogP contribution in [0.15, 0.2) is 24.3 Å². The molecule has 2 atom stereocenters. The molecule has 0 radical (unpaired) electrons. The zero-order valence-corrected chi connectivity index (χ0v) is 16.8. The van der Waals surface area contributed by atoms with E-state index in [1.807, 2.05) is 31.2 Å². The first-order valence-electron chi connectivity index (χ1n) is 7.46. The lowest BCUT2D eigenvalue weighted by atomic mass is 10.1. The molecule has 2 rings (SSSR count). The number of aryl methyl sites for hydroxylation is 1. The highest BCUT2D eigenvalue weighted by atomic mass is 35.5. The Morgan fingerprint density at radius 3 is 2.38 bits per heavy atom. The van der Waals surface area contributed by atoms with E-state index in [1.165, 1.54) is 5.56 Å². The van der Waals surface area contributed by atoms with Crippen molar-refractivity contribution in [3.05, 3.63) is 35.4 Å². The summed E-state index contributed by atoms with van der Waals surface area (Å²) in [5, 5.41) is 2.98. The lowest BCUT2D eigenvalue weighted by molar-refractivity contribution is -0.122. The maximum atomic E-state index is 12.2. The zero-order valence-electron chi connectivity index (χ0n) is 14.4. The minimum Gasteiger partial charge on any atom is -0.353 e. The van der Waals surface area contributed by atoms with Crippen LogP contribution in [-0.4, -0.2) is 62.0 Å². The number of nitrogens with two attached hydrogens (primary N) is 1. The number of nitrogens with zero attached hydrogens (tertiary/aromatic N) is 2. The van der Waals surface area contributed by atoms with Crippen molar-refractivity contribution < 1.29 is 4.79 Å². The third kappa shape index (κ3) is 7.13. The summed E-state index contributed by atoms with van der Waals surface area (Å²) in [6, 6.07) is 7.54. The summed E-state index contributed by atoms with van der Waals surface area (Å²) in [7, 11) is 4.21. The Morgan fingerprint density at radius 1 is 1.21 bits per heavy atom. The summed E-state index contributed by atoms with van der Waals surface area (Å²) in [5.74, 6) is -0.111. The monoisotopic (exact) mass is 398 g/mol. The molecule has 3 N–H and O–H groups in total. The summed E-state index contributed by atoms with van der Waals surface area (Å²) in [4.78, 5) is 16.8. The van der Waals surface area contributed by atoms with E-state index in [9.17, 15) is 4.79 Å². The Morgan fingerprint density at radius 2 is 1.79 bits per heavy atom. The van der Waals surface area contributed by atoms with Crippen molar-refractivity contribution in [3.8, 4) is 0 Å². The highest BCUT2D eigenvalue weighted by molar-refractivity contribution is 5.86. The maximum absolute atomic E-state index is 12.2. The number of halogens is 3. The van der Waals surface area contributed by atoms with Gasteiger partial charge in [-0.2, -0.15) is 0 Å². The molecule has 1 aromatic carbocycles. The summed E-state index contributed by atoms with van der Waals surface area (Å²) >= 11 is 0. The molecule has 5 nitrogen and oxygen atoms in total. The molecule has 0 saturated carbocycles. The van der Waals surface area contributed by atoms with Crippen LogP contribution in [-0.2, 0) is 4.79 Å². The zero-order chi connectivity index (χ0) is 15.4. The highest BCUT2D eigenvalue weighted by Crippen LogP contribution is 2.12. The Kier molecular flexibility index (Phi) is 12.7. The van der Waals surface area contributed by atoms with Gasteiger partial charge in [0.15, 0.2) is 0 Å². The van der Waals surface area contributed by atoms with Crippen molar-refractivity contribution in [2.45, 2.75) is 19.0 Å². The number of amides is 1. The topological polar surface area (TPSA) is 61.6 Å². The minimum absolute atomic E-state index is 0. The summed E-state index contributed by atoms with van der Waals surface area (Å²) in [6.45, 7) is 5.73. The van der Waals surface area contributed by atoms with Crippen LogP contribution in [0, 0.1) is 6.92 Å². The molecule has 8 heteroatoms. The maximum Gasteiger partial charge on any atom is 0.241 e. The lowest BCUT2D eigenvalue weighted by Gasteiger charge is -2.37. The van der Waals surface area contributed by atoms with Gasteiger partial charge in [0.2, 0.25) is 5.91 Å². The van der Waals surface area contributed by atoms with Crippen molar-refractivity contribution in [3.63, 3.8) is 0 Å². The fraction of sp³-hybridized carbons (Fsp3) is 0.562. The molecule has 1 heterocycles. The molecule has 1 aromatic rings. The van der Waals surface area contributed by atoms with Crippen LogP contribution in [0.2, 0.25) is 0 Å². The van der Waals surface area contributed by atoms with Gasteiger partial charge >= 0.3 is 0 Å². The minimum atomic E-state index is -0.600. The van der Waals surface area contributed by atoms with E-state index in [2.05, 4.69) is 29.2 Å². The number of nitrogens with one attached hydrogen (secondary N) is 1. The number of carbonyl (C=O) groups is 1. The molecule has 1 fully saturated rings. The first-order valence-corrected chi connectivity index (χ1v) is 7.46. The largest absolute Gasteiger partial charge is 0.353 e. The van der Waals surface area contributed by atoms with Crippen LogP contribution in [0.4, 0.5) is 0 Å². The van der Waals surface area contributed by atoms with Crippen LogP contribution in [0.25, 0.3) is 0 Å². The van der Waals surface area contributed by atoms with Gasteiger partial charge in [-0.05, 0) is 26.6 Å². The number of hydrogen-bond acceptors (Lipinski definition) is 4. The van der Waals surface area contributed by atoms with Crippen molar-refractivity contribution >= 4 is 43.1 Å². The van der Waals surface area contributed by atoms with Gasteiger partial charge in [-0.3, -0.25) is 9.69 Å². The Labute approximate surface area is 163 Å². The average Bonchev–Trinajstić information content (AvgIpc) is 2.48. The van der Waals surface area contributed by atoms with Crippen molar-refractivity contribution in [1.82, 2.24) is 15.1 Å². The number of piperazine rings is 1. The first kappa shape index (κ1) is 25.7. The van der Waals surface area contributed by atoms with E-state index in [0.29, 0.717) is 12.6 Å². The molecule has 1 amide bonds. The van der Waals surface area contributed by atoms with Crippen LogP contribution in [0.5, 0.6) is 0 Å². The van der Waals surface area contributed by atoms with Crippen molar-refractivity contribution in [2.24, 2.45) is 5.73 Å². The van der Waals surface area contributed by atoms with Crippen LogP contribution in [0.1, 0.15) is 17.2 Å². The second-order valence-electron chi connectivity index (χ2n) is 6.03. The molecule has 0 aromatic heterocycles. The summed E-state index contributed by atoms with van der Waals surface area (Å²) < 4.78 is 0. The molecular weight excluding hydrogens is 371 g/mol. The van der Waals surface area contributed by atoms with Gasteiger partial charge in [0.1, 0.15) is 6.04 Å². The molecule has 1 aliphatic heterocycles. The number of rotatable bonds is 4. The van der Waals surface area contributed by atoms with Crippen LogP contribution in [0.3, 0.4) is 0 Å². The first-order chi connectivity index (χ1) is 9.97. The quantitative estimate of drug-likeness (QED) is 0.808. The summed E-state index contributed by atoms with van der Waals surface area (Å²) in [6.07, 6.45) is 0.